The van der Waals surface area contributed by atoms with Gasteiger partial charge in [-0.05, 0) is 54.4 Å². The number of ketones is 1. The zero-order valence-electron chi connectivity index (χ0n) is 15.8. The summed E-state index contributed by atoms with van der Waals surface area (Å²) in [6.07, 6.45) is 0.463. The van der Waals surface area contributed by atoms with Gasteiger partial charge in [-0.15, -0.1) is 0 Å². The van der Waals surface area contributed by atoms with Gasteiger partial charge in [-0.3, -0.25) is 9.59 Å². The first-order valence-electron chi connectivity index (χ1n) is 9.05. The van der Waals surface area contributed by atoms with Crippen molar-refractivity contribution >= 4 is 21.7 Å². The molecular weight excluding hydrogens is 407 g/mol. The number of rotatable bonds is 7. The van der Waals surface area contributed by atoms with Crippen LogP contribution in [0.15, 0.2) is 77.7 Å². The van der Waals surface area contributed by atoms with E-state index in [-0.39, 0.29) is 33.9 Å². The van der Waals surface area contributed by atoms with E-state index >= 15 is 0 Å². The van der Waals surface area contributed by atoms with E-state index in [0.29, 0.717) is 6.42 Å². The molecule has 0 aliphatic rings. The second-order valence-corrected chi connectivity index (χ2v) is 8.14. The lowest BCUT2D eigenvalue weighted by molar-refractivity contribution is 0.0942. The summed E-state index contributed by atoms with van der Waals surface area (Å²) in [6, 6.07) is 17.6. The predicted molar refractivity (Wildman–Crippen MR) is 110 cm³/mol. The topological polar surface area (TPSA) is 106 Å². The van der Waals surface area contributed by atoms with E-state index in [9.17, 15) is 22.4 Å². The van der Waals surface area contributed by atoms with Crippen LogP contribution in [0, 0.1) is 5.82 Å². The molecule has 0 bridgehead atoms. The molecule has 30 heavy (non-hydrogen) atoms. The van der Waals surface area contributed by atoms with Gasteiger partial charge >= 0.3 is 0 Å². The first-order valence-corrected chi connectivity index (χ1v) is 10.6. The lowest BCUT2D eigenvalue weighted by atomic mass is 9.98. The number of hydrogen-bond acceptors (Lipinski definition) is 4. The molecule has 8 heteroatoms. The molecule has 3 N–H and O–H groups in total. The third-order valence-corrected chi connectivity index (χ3v) is 5.40. The number of benzene rings is 3. The third-order valence-electron chi connectivity index (χ3n) is 4.47. The van der Waals surface area contributed by atoms with Crippen molar-refractivity contribution in [3.05, 3.63) is 101 Å². The van der Waals surface area contributed by atoms with Gasteiger partial charge in [0.25, 0.3) is 5.91 Å². The number of amides is 1. The van der Waals surface area contributed by atoms with Crippen molar-refractivity contribution in [2.45, 2.75) is 11.3 Å². The fourth-order valence-corrected chi connectivity index (χ4v) is 3.41. The maximum atomic E-state index is 13.1. The predicted octanol–water partition coefficient (Wildman–Crippen LogP) is 2.68. The number of carbonyl (C=O) groups is 2. The second kappa shape index (κ2) is 8.98. The van der Waals surface area contributed by atoms with E-state index < -0.39 is 21.7 Å². The Morgan fingerprint density at radius 1 is 0.867 bits per heavy atom. The first kappa shape index (κ1) is 21.4. The van der Waals surface area contributed by atoms with Gasteiger partial charge < -0.3 is 5.32 Å². The highest BCUT2D eigenvalue weighted by atomic mass is 32.2. The van der Waals surface area contributed by atoms with Crippen LogP contribution in [0.25, 0.3) is 0 Å². The molecule has 0 aromatic heterocycles. The minimum atomic E-state index is -3.75. The Morgan fingerprint density at radius 2 is 1.47 bits per heavy atom. The average Bonchev–Trinajstić information content (AvgIpc) is 2.73. The van der Waals surface area contributed by atoms with Crippen molar-refractivity contribution in [2.75, 3.05) is 6.54 Å². The highest BCUT2D eigenvalue weighted by molar-refractivity contribution is 7.89. The summed E-state index contributed by atoms with van der Waals surface area (Å²) in [5.74, 6) is -1.24. The minimum absolute atomic E-state index is 0.0171. The zero-order valence-corrected chi connectivity index (χ0v) is 16.7. The van der Waals surface area contributed by atoms with Gasteiger partial charge in [0, 0.05) is 17.7 Å². The van der Waals surface area contributed by atoms with Crippen LogP contribution < -0.4 is 10.5 Å². The van der Waals surface area contributed by atoms with Crippen molar-refractivity contribution in [1.82, 2.24) is 5.32 Å². The fourth-order valence-electron chi connectivity index (χ4n) is 2.90. The Labute approximate surface area is 173 Å². The monoisotopic (exact) mass is 426 g/mol. The number of carbonyl (C=O) groups excluding carboxylic acids is 2. The summed E-state index contributed by atoms with van der Waals surface area (Å²) in [7, 11) is -3.75. The lowest BCUT2D eigenvalue weighted by Gasteiger charge is -2.10. The van der Waals surface area contributed by atoms with Crippen molar-refractivity contribution in [1.29, 1.82) is 0 Å². The van der Waals surface area contributed by atoms with Crippen LogP contribution in [-0.2, 0) is 16.4 Å². The second-order valence-electron chi connectivity index (χ2n) is 6.58. The molecule has 0 atom stereocenters. The smallest absolute Gasteiger partial charge is 0.252 e. The van der Waals surface area contributed by atoms with Crippen LogP contribution in [0.4, 0.5) is 4.39 Å². The summed E-state index contributed by atoms with van der Waals surface area (Å²) >= 11 is 0. The summed E-state index contributed by atoms with van der Waals surface area (Å²) in [5.41, 5.74) is 1.54. The normalized spacial score (nSPS) is 11.1. The fraction of sp³-hybridized carbons (Fsp3) is 0.0909. The maximum absolute atomic E-state index is 13.1. The Hall–Kier alpha value is -3.36. The number of primary sulfonamides is 1. The molecule has 0 fully saturated rings. The standard InChI is InChI=1S/C22H19FN2O4S/c23-17-9-7-16(8-10-17)21(26)19-3-1-2-4-20(19)22(27)25-14-13-15-5-11-18(12-6-15)30(24,28)29/h1-12H,13-14H2,(H,25,27)(H2,24,28,29). The van der Waals surface area contributed by atoms with Crippen molar-refractivity contribution in [3.63, 3.8) is 0 Å². The Kier molecular flexibility index (Phi) is 6.39. The quantitative estimate of drug-likeness (QED) is 0.567. The van der Waals surface area contributed by atoms with E-state index in [4.69, 9.17) is 5.14 Å². The van der Waals surface area contributed by atoms with Gasteiger partial charge in [0.05, 0.1) is 10.5 Å². The Balaban J connectivity index is 1.67. The van der Waals surface area contributed by atoms with E-state index in [1.165, 1.54) is 36.4 Å². The van der Waals surface area contributed by atoms with Crippen molar-refractivity contribution in [3.8, 4) is 0 Å². The number of sulfonamides is 1. The zero-order chi connectivity index (χ0) is 21.7. The van der Waals surface area contributed by atoms with Gasteiger partial charge in [-0.25, -0.2) is 17.9 Å². The molecule has 0 spiro atoms. The molecule has 0 aliphatic heterocycles. The highest BCUT2D eigenvalue weighted by Gasteiger charge is 2.18. The van der Waals surface area contributed by atoms with Crippen LogP contribution in [0.2, 0.25) is 0 Å². The van der Waals surface area contributed by atoms with Crippen LogP contribution in [-0.4, -0.2) is 26.7 Å². The van der Waals surface area contributed by atoms with Crippen LogP contribution in [0.5, 0.6) is 0 Å². The van der Waals surface area contributed by atoms with E-state index in [1.54, 1.807) is 36.4 Å². The molecule has 154 valence electrons. The van der Waals surface area contributed by atoms with E-state index in [2.05, 4.69) is 5.32 Å². The molecule has 0 aliphatic carbocycles. The highest BCUT2D eigenvalue weighted by Crippen LogP contribution is 2.16. The van der Waals surface area contributed by atoms with Gasteiger partial charge in [0.2, 0.25) is 10.0 Å². The van der Waals surface area contributed by atoms with Gasteiger partial charge in [-0.1, -0.05) is 30.3 Å². The number of halogens is 1. The molecule has 6 nitrogen and oxygen atoms in total. The lowest BCUT2D eigenvalue weighted by Crippen LogP contribution is -2.27. The number of nitrogens with one attached hydrogen (secondary N) is 1. The van der Waals surface area contributed by atoms with Crippen LogP contribution in [0.3, 0.4) is 0 Å². The number of hydrogen-bond donors (Lipinski definition) is 2. The van der Waals surface area contributed by atoms with Gasteiger partial charge in [0.1, 0.15) is 5.82 Å². The largest absolute Gasteiger partial charge is 0.352 e. The molecule has 3 rings (SSSR count). The van der Waals surface area contributed by atoms with Crippen molar-refractivity contribution in [2.24, 2.45) is 5.14 Å². The summed E-state index contributed by atoms with van der Waals surface area (Å²) < 4.78 is 35.7. The van der Waals surface area contributed by atoms with Crippen molar-refractivity contribution < 1.29 is 22.4 Å². The molecule has 0 saturated carbocycles. The average molecular weight is 426 g/mol. The summed E-state index contributed by atoms with van der Waals surface area (Å²) in [4.78, 5) is 25.4. The molecule has 0 heterocycles. The molecule has 0 unspecified atom stereocenters. The molecular formula is C22H19FN2O4S. The van der Waals surface area contributed by atoms with E-state index in [0.717, 1.165) is 5.56 Å². The van der Waals surface area contributed by atoms with E-state index in [1.807, 2.05) is 0 Å². The molecule has 1 amide bonds. The minimum Gasteiger partial charge on any atom is -0.352 e. The molecule has 3 aromatic carbocycles. The third kappa shape index (κ3) is 5.16. The van der Waals surface area contributed by atoms with Crippen LogP contribution >= 0.6 is 0 Å². The Bertz CT molecular complexity index is 1170. The first-order chi connectivity index (χ1) is 14.3. The molecule has 0 radical (unpaired) electrons. The van der Waals surface area contributed by atoms with Gasteiger partial charge in [-0.2, -0.15) is 0 Å². The summed E-state index contributed by atoms with van der Waals surface area (Å²) in [6.45, 7) is 0.284. The molecule has 0 saturated heterocycles. The Morgan fingerprint density at radius 3 is 2.07 bits per heavy atom. The number of nitrogens with two attached hydrogens (primary N) is 1. The summed E-state index contributed by atoms with van der Waals surface area (Å²) in [5, 5.41) is 7.82. The van der Waals surface area contributed by atoms with Crippen LogP contribution in [0.1, 0.15) is 31.8 Å². The van der Waals surface area contributed by atoms with Gasteiger partial charge in [0.15, 0.2) is 5.78 Å². The SMILES string of the molecule is NS(=O)(=O)c1ccc(CCNC(=O)c2ccccc2C(=O)c2ccc(F)cc2)cc1. The maximum Gasteiger partial charge on any atom is 0.252 e. The molecule has 3 aromatic rings.